The zero-order valence-corrected chi connectivity index (χ0v) is 9.03. The van der Waals surface area contributed by atoms with Crippen LogP contribution in [0.5, 0.6) is 0 Å². The summed E-state index contributed by atoms with van der Waals surface area (Å²) < 4.78 is 0. The highest BCUT2D eigenvalue weighted by molar-refractivity contribution is 6.02. The van der Waals surface area contributed by atoms with Crippen LogP contribution >= 0.6 is 0 Å². The zero-order chi connectivity index (χ0) is 10.8. The molecule has 2 saturated heterocycles. The van der Waals surface area contributed by atoms with Crippen LogP contribution < -0.4 is 5.32 Å². The van der Waals surface area contributed by atoms with Crippen LogP contribution in [0.2, 0.25) is 0 Å². The molecule has 5 heteroatoms. The minimum absolute atomic E-state index is 0.0546. The molecule has 0 aromatic heterocycles. The first-order valence-corrected chi connectivity index (χ1v) is 5.55. The average molecular weight is 211 g/mol. The Hall–Kier alpha value is -1.10. The summed E-state index contributed by atoms with van der Waals surface area (Å²) in [5.41, 5.74) is 0. The van der Waals surface area contributed by atoms with E-state index in [0.717, 1.165) is 25.9 Å². The number of nitrogens with zero attached hydrogens (tertiary/aromatic N) is 2. The lowest BCUT2D eigenvalue weighted by molar-refractivity contribution is -0.125. The molecule has 0 aliphatic carbocycles. The first-order valence-electron chi connectivity index (χ1n) is 5.55. The number of imide groups is 1. The van der Waals surface area contributed by atoms with Gasteiger partial charge in [0.05, 0.1) is 0 Å². The lowest BCUT2D eigenvalue weighted by Gasteiger charge is -2.30. The topological polar surface area (TPSA) is 52.7 Å². The van der Waals surface area contributed by atoms with Crippen molar-refractivity contribution in [2.45, 2.75) is 25.8 Å². The van der Waals surface area contributed by atoms with Gasteiger partial charge in [-0.2, -0.15) is 0 Å². The molecule has 0 unspecified atom stereocenters. The third kappa shape index (κ3) is 1.84. The highest BCUT2D eigenvalue weighted by Crippen LogP contribution is 2.19. The molecule has 0 saturated carbocycles. The van der Waals surface area contributed by atoms with Crippen LogP contribution in [0.3, 0.4) is 0 Å². The molecule has 0 spiro atoms. The Morgan fingerprint density at radius 1 is 1.33 bits per heavy atom. The van der Waals surface area contributed by atoms with Gasteiger partial charge in [0, 0.05) is 12.6 Å². The maximum Gasteiger partial charge on any atom is 0.327 e. The van der Waals surface area contributed by atoms with Gasteiger partial charge in [-0.05, 0) is 32.9 Å². The van der Waals surface area contributed by atoms with E-state index >= 15 is 0 Å². The van der Waals surface area contributed by atoms with Gasteiger partial charge in [-0.3, -0.25) is 9.69 Å². The summed E-state index contributed by atoms with van der Waals surface area (Å²) in [6.07, 6.45) is 1.91. The van der Waals surface area contributed by atoms with Crippen molar-refractivity contribution in [1.82, 2.24) is 15.1 Å². The van der Waals surface area contributed by atoms with Crippen LogP contribution in [0, 0.1) is 0 Å². The van der Waals surface area contributed by atoms with Gasteiger partial charge < -0.3 is 10.2 Å². The molecule has 84 valence electrons. The van der Waals surface area contributed by atoms with E-state index in [2.05, 4.69) is 5.32 Å². The third-order valence-corrected chi connectivity index (χ3v) is 3.15. The second-order valence-electron chi connectivity index (χ2n) is 4.03. The standard InChI is InChI=1S/C10H17N3O2/c1-2-12-9(14)7-13(10(12)15)8-3-5-11-6-4-8/h8,11H,2-7H2,1H3. The molecule has 2 rings (SSSR count). The molecule has 0 bridgehead atoms. The van der Waals surface area contributed by atoms with Gasteiger partial charge >= 0.3 is 6.03 Å². The molecular formula is C10H17N3O2. The highest BCUT2D eigenvalue weighted by Gasteiger charge is 2.38. The van der Waals surface area contributed by atoms with Crippen molar-refractivity contribution >= 4 is 11.9 Å². The predicted molar refractivity (Wildman–Crippen MR) is 55.4 cm³/mol. The Kier molecular flexibility index (Phi) is 2.90. The van der Waals surface area contributed by atoms with Gasteiger partial charge in [0.1, 0.15) is 6.54 Å². The number of likely N-dealkylation sites (N-methyl/N-ethyl adjacent to an activating group) is 1. The Morgan fingerprint density at radius 3 is 2.53 bits per heavy atom. The number of carbonyl (C=O) groups excluding carboxylic acids is 2. The van der Waals surface area contributed by atoms with Crippen molar-refractivity contribution in [3.05, 3.63) is 0 Å². The third-order valence-electron chi connectivity index (χ3n) is 3.15. The lowest BCUT2D eigenvalue weighted by atomic mass is 10.1. The number of hydrogen-bond donors (Lipinski definition) is 1. The summed E-state index contributed by atoms with van der Waals surface area (Å²) in [5.74, 6) is -0.0546. The van der Waals surface area contributed by atoms with Crippen molar-refractivity contribution in [3.63, 3.8) is 0 Å². The van der Waals surface area contributed by atoms with E-state index in [-0.39, 0.29) is 24.5 Å². The fourth-order valence-corrected chi connectivity index (χ4v) is 2.28. The Morgan fingerprint density at radius 2 is 2.00 bits per heavy atom. The normalized spacial score (nSPS) is 24.1. The van der Waals surface area contributed by atoms with Gasteiger partial charge in [0.25, 0.3) is 0 Å². The summed E-state index contributed by atoms with van der Waals surface area (Å²) in [6.45, 7) is 4.47. The first kappa shape index (κ1) is 10.4. The number of amides is 3. The van der Waals surface area contributed by atoms with Crippen molar-refractivity contribution in [2.75, 3.05) is 26.2 Å². The van der Waals surface area contributed by atoms with Gasteiger partial charge in [0.2, 0.25) is 5.91 Å². The quantitative estimate of drug-likeness (QED) is 0.655. The van der Waals surface area contributed by atoms with Crippen LogP contribution in [0.25, 0.3) is 0 Å². The average Bonchev–Trinajstić information content (AvgIpc) is 2.55. The minimum atomic E-state index is -0.102. The van der Waals surface area contributed by atoms with Crippen LogP contribution in [0.4, 0.5) is 4.79 Å². The largest absolute Gasteiger partial charge is 0.327 e. The molecular weight excluding hydrogens is 194 g/mol. The number of rotatable bonds is 2. The van der Waals surface area contributed by atoms with E-state index in [1.165, 1.54) is 4.90 Å². The van der Waals surface area contributed by atoms with E-state index in [0.29, 0.717) is 6.54 Å². The Labute approximate surface area is 89.4 Å². The van der Waals surface area contributed by atoms with E-state index < -0.39 is 0 Å². The van der Waals surface area contributed by atoms with E-state index in [1.807, 2.05) is 6.92 Å². The van der Waals surface area contributed by atoms with Crippen LogP contribution in [-0.4, -0.2) is 54.0 Å². The SMILES string of the molecule is CCN1C(=O)CN(C2CCNCC2)C1=O. The van der Waals surface area contributed by atoms with Crippen LogP contribution in [0.15, 0.2) is 0 Å². The predicted octanol–water partition coefficient (Wildman–Crippen LogP) is 0.0225. The molecule has 0 atom stereocenters. The second-order valence-corrected chi connectivity index (χ2v) is 4.03. The smallest absolute Gasteiger partial charge is 0.317 e. The van der Waals surface area contributed by atoms with Crippen molar-refractivity contribution < 1.29 is 9.59 Å². The molecule has 5 nitrogen and oxygen atoms in total. The summed E-state index contributed by atoms with van der Waals surface area (Å²) in [6, 6.07) is 0.147. The van der Waals surface area contributed by atoms with Crippen molar-refractivity contribution in [1.29, 1.82) is 0 Å². The first-order chi connectivity index (χ1) is 7.24. The molecule has 2 aliphatic heterocycles. The summed E-state index contributed by atoms with van der Waals surface area (Å²) >= 11 is 0. The van der Waals surface area contributed by atoms with E-state index in [1.54, 1.807) is 4.90 Å². The molecule has 2 aliphatic rings. The molecule has 2 fully saturated rings. The van der Waals surface area contributed by atoms with Gasteiger partial charge in [-0.1, -0.05) is 0 Å². The maximum absolute atomic E-state index is 11.9. The number of piperidine rings is 1. The highest BCUT2D eigenvalue weighted by atomic mass is 16.2. The monoisotopic (exact) mass is 211 g/mol. The lowest BCUT2D eigenvalue weighted by Crippen LogP contribution is -2.45. The molecule has 15 heavy (non-hydrogen) atoms. The number of urea groups is 1. The molecule has 0 radical (unpaired) electrons. The molecule has 3 amide bonds. The summed E-state index contributed by atoms with van der Waals surface area (Å²) in [5, 5.41) is 3.25. The van der Waals surface area contributed by atoms with Gasteiger partial charge in [0.15, 0.2) is 0 Å². The van der Waals surface area contributed by atoms with E-state index in [9.17, 15) is 9.59 Å². The number of nitrogens with one attached hydrogen (secondary N) is 1. The number of hydrogen-bond acceptors (Lipinski definition) is 3. The molecule has 1 N–H and O–H groups in total. The van der Waals surface area contributed by atoms with E-state index in [4.69, 9.17) is 0 Å². The van der Waals surface area contributed by atoms with Gasteiger partial charge in [-0.15, -0.1) is 0 Å². The molecule has 0 aromatic rings. The fourth-order valence-electron chi connectivity index (χ4n) is 2.28. The second kappa shape index (κ2) is 4.18. The minimum Gasteiger partial charge on any atom is -0.317 e. The van der Waals surface area contributed by atoms with Gasteiger partial charge in [-0.25, -0.2) is 4.79 Å². The maximum atomic E-state index is 11.9. The Bertz CT molecular complexity index is 274. The summed E-state index contributed by atoms with van der Waals surface area (Å²) in [4.78, 5) is 26.4. The summed E-state index contributed by atoms with van der Waals surface area (Å²) in [7, 11) is 0. The molecule has 0 aromatic carbocycles. The van der Waals surface area contributed by atoms with Crippen LogP contribution in [-0.2, 0) is 4.79 Å². The zero-order valence-electron chi connectivity index (χ0n) is 9.03. The number of carbonyl (C=O) groups is 2. The Balaban J connectivity index is 2.04. The fraction of sp³-hybridized carbons (Fsp3) is 0.800. The molecule has 2 heterocycles. The van der Waals surface area contributed by atoms with Crippen molar-refractivity contribution in [3.8, 4) is 0 Å². The van der Waals surface area contributed by atoms with Crippen molar-refractivity contribution in [2.24, 2.45) is 0 Å². The van der Waals surface area contributed by atoms with Crippen LogP contribution in [0.1, 0.15) is 19.8 Å².